The largest absolute Gasteiger partial charge is 0.318 e. The molecule has 0 atom stereocenters. The third kappa shape index (κ3) is 4.75. The Morgan fingerprint density at radius 2 is 2.22 bits per heavy atom. The fourth-order valence-corrected chi connectivity index (χ4v) is 1.15. The van der Waals surface area contributed by atoms with Crippen molar-refractivity contribution in [1.82, 2.24) is 9.62 Å². The molecule has 0 fully saturated rings. The molecule has 0 saturated heterocycles. The molecule has 0 unspecified atom stereocenters. The van der Waals surface area contributed by atoms with Crippen LogP contribution in [-0.4, -0.2) is 37.2 Å². The van der Waals surface area contributed by atoms with Gasteiger partial charge in [-0.2, -0.15) is 0 Å². The van der Waals surface area contributed by atoms with Crippen molar-refractivity contribution in [3.63, 3.8) is 0 Å². The number of nitrogens with one attached hydrogen (secondary N) is 1. The molecule has 3 heteroatoms. The van der Waals surface area contributed by atoms with Crippen LogP contribution in [-0.2, 0) is 0 Å². The van der Waals surface area contributed by atoms with E-state index in [1.165, 1.54) is 0 Å². The predicted octanol–water partition coefficient (Wildman–Crippen LogP) is 0.806. The molecule has 0 bridgehead atoms. The summed E-state index contributed by atoms with van der Waals surface area (Å²) < 4.78 is 2.32. The lowest BCUT2D eigenvalue weighted by Gasteiger charge is -2.15. The molecule has 1 N–H and O–H groups in total. The monoisotopic (exact) mass is 148 g/mol. The Morgan fingerprint density at radius 3 is 2.56 bits per heavy atom. The van der Waals surface area contributed by atoms with Gasteiger partial charge in [0.1, 0.15) is 0 Å². The Bertz CT molecular complexity index is 55.0. The van der Waals surface area contributed by atoms with E-state index in [9.17, 15) is 0 Å². The van der Waals surface area contributed by atoms with E-state index < -0.39 is 0 Å². The van der Waals surface area contributed by atoms with Crippen LogP contribution < -0.4 is 5.32 Å². The maximum Gasteiger partial charge on any atom is 0.0214 e. The molecule has 0 aliphatic carbocycles. The lowest BCUT2D eigenvalue weighted by molar-refractivity contribution is 0.490. The highest BCUT2D eigenvalue weighted by atomic mass is 32.2. The summed E-state index contributed by atoms with van der Waals surface area (Å²) in [6, 6.07) is 0. The van der Waals surface area contributed by atoms with E-state index in [1.807, 2.05) is 7.05 Å². The lowest BCUT2D eigenvalue weighted by atomic mass is 10.6. The highest BCUT2D eigenvalue weighted by molar-refractivity contribution is 7.96. The van der Waals surface area contributed by atoms with Crippen molar-refractivity contribution < 1.29 is 0 Å². The van der Waals surface area contributed by atoms with E-state index in [0.29, 0.717) is 0 Å². The average Bonchev–Trinajstić information content (AvgIpc) is 1.91. The Balaban J connectivity index is 3.09. The molecule has 0 spiro atoms. The van der Waals surface area contributed by atoms with Crippen molar-refractivity contribution in [3.05, 3.63) is 0 Å². The third-order valence-corrected chi connectivity index (χ3v) is 2.18. The van der Waals surface area contributed by atoms with Gasteiger partial charge < -0.3 is 5.32 Å². The van der Waals surface area contributed by atoms with E-state index in [1.54, 1.807) is 11.9 Å². The molecule has 9 heavy (non-hydrogen) atoms. The number of likely N-dealkylation sites (N-methyl/N-ethyl adjacent to an activating group) is 2. The zero-order valence-electron chi connectivity index (χ0n) is 6.48. The summed E-state index contributed by atoms with van der Waals surface area (Å²) in [7, 11) is 1.98. The summed E-state index contributed by atoms with van der Waals surface area (Å²) in [4.78, 5) is 0. The van der Waals surface area contributed by atoms with Gasteiger partial charge in [0, 0.05) is 19.6 Å². The van der Waals surface area contributed by atoms with Gasteiger partial charge in [-0.05, 0) is 13.3 Å². The number of hydrogen-bond donors (Lipinski definition) is 1. The molecule has 0 heterocycles. The van der Waals surface area contributed by atoms with Gasteiger partial charge in [-0.25, -0.2) is 4.31 Å². The first-order valence-electron chi connectivity index (χ1n) is 3.28. The fraction of sp³-hybridized carbons (Fsp3) is 1.00. The molecule has 0 radical (unpaired) electrons. The lowest BCUT2D eigenvalue weighted by Crippen LogP contribution is -2.24. The van der Waals surface area contributed by atoms with Gasteiger partial charge in [0.2, 0.25) is 0 Å². The molecule has 0 amide bonds. The second kappa shape index (κ2) is 6.39. The van der Waals surface area contributed by atoms with Crippen molar-refractivity contribution in [2.75, 3.05) is 32.9 Å². The van der Waals surface area contributed by atoms with Crippen molar-refractivity contribution in [1.29, 1.82) is 0 Å². The van der Waals surface area contributed by atoms with Crippen molar-refractivity contribution in [3.8, 4) is 0 Å². The Morgan fingerprint density at radius 1 is 1.56 bits per heavy atom. The molecule has 2 nitrogen and oxygen atoms in total. The van der Waals surface area contributed by atoms with Gasteiger partial charge in [0.05, 0.1) is 0 Å². The number of rotatable bonds is 5. The van der Waals surface area contributed by atoms with Crippen LogP contribution in [0.1, 0.15) is 6.92 Å². The van der Waals surface area contributed by atoms with Crippen LogP contribution in [0.15, 0.2) is 0 Å². The molecule has 0 aliphatic rings. The minimum atomic E-state index is 1.08. The van der Waals surface area contributed by atoms with Gasteiger partial charge in [-0.15, -0.1) is 0 Å². The van der Waals surface area contributed by atoms with Crippen LogP contribution in [0.5, 0.6) is 0 Å². The summed E-state index contributed by atoms with van der Waals surface area (Å²) in [6.45, 7) is 5.51. The van der Waals surface area contributed by atoms with Gasteiger partial charge in [0.25, 0.3) is 0 Å². The zero-order valence-corrected chi connectivity index (χ0v) is 7.29. The van der Waals surface area contributed by atoms with Crippen molar-refractivity contribution in [2.24, 2.45) is 0 Å². The summed E-state index contributed by atoms with van der Waals surface area (Å²) in [5.41, 5.74) is 0. The first-order valence-corrected chi connectivity index (χ1v) is 4.47. The van der Waals surface area contributed by atoms with Crippen LogP contribution >= 0.6 is 11.9 Å². The normalized spacial score (nSPS) is 10.7. The molecule has 0 aliphatic heterocycles. The van der Waals surface area contributed by atoms with Gasteiger partial charge in [-0.3, -0.25) is 0 Å². The highest BCUT2D eigenvalue weighted by Crippen LogP contribution is 2.01. The molecule has 0 aromatic rings. The Labute approximate surface area is 62.1 Å². The summed E-state index contributed by atoms with van der Waals surface area (Å²) >= 11 is 1.80. The van der Waals surface area contributed by atoms with Crippen LogP contribution in [0.3, 0.4) is 0 Å². The molecule has 0 aromatic carbocycles. The van der Waals surface area contributed by atoms with Crippen LogP contribution in [0.4, 0.5) is 0 Å². The smallest absolute Gasteiger partial charge is 0.0214 e. The minimum absolute atomic E-state index is 1.08. The second-order valence-electron chi connectivity index (χ2n) is 1.81. The van der Waals surface area contributed by atoms with Crippen LogP contribution in [0.2, 0.25) is 0 Å². The maximum absolute atomic E-state index is 3.11. The molecule has 56 valence electrons. The average molecular weight is 148 g/mol. The van der Waals surface area contributed by atoms with E-state index in [4.69, 9.17) is 0 Å². The number of nitrogens with zero attached hydrogens (tertiary/aromatic N) is 1. The predicted molar refractivity (Wildman–Crippen MR) is 44.7 cm³/mol. The standard InChI is InChI=1S/C6H16N2S/c1-4-8(9-3)6-5-7-2/h7H,4-6H2,1-3H3. The minimum Gasteiger partial charge on any atom is -0.318 e. The third-order valence-electron chi connectivity index (χ3n) is 1.22. The Kier molecular flexibility index (Phi) is 6.58. The number of hydrogen-bond acceptors (Lipinski definition) is 3. The summed E-state index contributed by atoms with van der Waals surface area (Å²) in [5, 5.41) is 3.11. The first kappa shape index (κ1) is 9.27. The van der Waals surface area contributed by atoms with Gasteiger partial charge in [-0.1, -0.05) is 18.9 Å². The van der Waals surface area contributed by atoms with E-state index in [2.05, 4.69) is 22.8 Å². The second-order valence-corrected chi connectivity index (χ2v) is 2.69. The van der Waals surface area contributed by atoms with Gasteiger partial charge >= 0.3 is 0 Å². The fourth-order valence-electron chi connectivity index (χ4n) is 0.615. The zero-order chi connectivity index (χ0) is 7.11. The van der Waals surface area contributed by atoms with Crippen LogP contribution in [0.25, 0.3) is 0 Å². The summed E-state index contributed by atoms with van der Waals surface area (Å²) in [5.74, 6) is 0. The van der Waals surface area contributed by atoms with Crippen LogP contribution in [0, 0.1) is 0 Å². The molecule has 0 saturated carbocycles. The quantitative estimate of drug-likeness (QED) is 0.581. The summed E-state index contributed by atoms with van der Waals surface area (Å²) in [6.07, 6.45) is 2.11. The van der Waals surface area contributed by atoms with E-state index in [-0.39, 0.29) is 0 Å². The topological polar surface area (TPSA) is 15.3 Å². The van der Waals surface area contributed by atoms with Gasteiger partial charge in [0.15, 0.2) is 0 Å². The maximum atomic E-state index is 3.11. The Hall–Kier alpha value is 0.270. The van der Waals surface area contributed by atoms with E-state index in [0.717, 1.165) is 19.6 Å². The molecule has 0 rings (SSSR count). The van der Waals surface area contributed by atoms with E-state index >= 15 is 0 Å². The SMILES string of the molecule is CCN(CCNC)SC. The molecular formula is C6H16N2S. The van der Waals surface area contributed by atoms with Crippen molar-refractivity contribution >= 4 is 11.9 Å². The first-order chi connectivity index (χ1) is 4.35. The van der Waals surface area contributed by atoms with Crippen molar-refractivity contribution in [2.45, 2.75) is 6.92 Å². The molecule has 0 aromatic heterocycles. The highest BCUT2D eigenvalue weighted by Gasteiger charge is 1.95. The molecular weight excluding hydrogens is 132 g/mol.